The molecule has 2 N–H and O–H groups in total. The van der Waals surface area contributed by atoms with Crippen molar-refractivity contribution in [2.24, 2.45) is 0 Å². The Morgan fingerprint density at radius 1 is 1.55 bits per heavy atom. The summed E-state index contributed by atoms with van der Waals surface area (Å²) in [7, 11) is 0. The van der Waals surface area contributed by atoms with Crippen molar-refractivity contribution in [1.29, 1.82) is 0 Å². The van der Waals surface area contributed by atoms with Crippen LogP contribution in [0.3, 0.4) is 0 Å². The summed E-state index contributed by atoms with van der Waals surface area (Å²) in [6.45, 7) is 0. The maximum absolute atomic E-state index is 5.69. The van der Waals surface area contributed by atoms with E-state index in [1.54, 1.807) is 11.8 Å². The minimum atomic E-state index is 0.549. The monoisotopic (exact) mass is 187 g/mol. The smallest absolute Gasteiger partial charge is 0.0474 e. The molecule has 0 fully saturated rings. The minimum Gasteiger partial charge on any atom is -0.398 e. The largest absolute Gasteiger partial charge is 0.398 e. The highest BCUT2D eigenvalue weighted by Crippen LogP contribution is 2.24. The van der Waals surface area contributed by atoms with Crippen LogP contribution in [-0.2, 0) is 5.88 Å². The summed E-state index contributed by atoms with van der Waals surface area (Å²) in [6.07, 6.45) is 2.00. The lowest BCUT2D eigenvalue weighted by Crippen LogP contribution is -1.89. The molecule has 0 aromatic heterocycles. The van der Waals surface area contributed by atoms with Crippen LogP contribution in [-0.4, -0.2) is 6.26 Å². The van der Waals surface area contributed by atoms with E-state index in [1.807, 2.05) is 24.5 Å². The van der Waals surface area contributed by atoms with E-state index in [1.165, 1.54) is 0 Å². The lowest BCUT2D eigenvalue weighted by molar-refractivity contribution is 1.33. The number of hydrogen-bond acceptors (Lipinski definition) is 2. The number of hydrogen-bond donors (Lipinski definition) is 1. The molecule has 0 aliphatic heterocycles. The third kappa shape index (κ3) is 2.04. The molecular formula is C8H10ClNS. The quantitative estimate of drug-likeness (QED) is 0.438. The molecule has 3 heteroatoms. The van der Waals surface area contributed by atoms with Crippen LogP contribution in [0, 0.1) is 0 Å². The molecule has 0 aliphatic rings. The highest BCUT2D eigenvalue weighted by molar-refractivity contribution is 7.98. The van der Waals surface area contributed by atoms with Crippen LogP contribution in [0.15, 0.2) is 23.1 Å². The Morgan fingerprint density at radius 2 is 2.27 bits per heavy atom. The second-order valence-electron chi connectivity index (χ2n) is 2.21. The van der Waals surface area contributed by atoms with Crippen molar-refractivity contribution in [1.82, 2.24) is 0 Å². The average Bonchev–Trinajstić information content (AvgIpc) is 2.05. The van der Waals surface area contributed by atoms with Crippen LogP contribution >= 0.6 is 23.4 Å². The molecule has 0 saturated carbocycles. The Hall–Kier alpha value is -0.340. The van der Waals surface area contributed by atoms with Crippen LogP contribution < -0.4 is 5.73 Å². The van der Waals surface area contributed by atoms with E-state index in [-0.39, 0.29) is 0 Å². The molecule has 1 rings (SSSR count). The zero-order valence-corrected chi connectivity index (χ0v) is 7.88. The molecule has 1 aromatic carbocycles. The molecule has 0 radical (unpaired) electrons. The van der Waals surface area contributed by atoms with E-state index in [2.05, 4.69) is 0 Å². The lowest BCUT2D eigenvalue weighted by Gasteiger charge is -2.03. The van der Waals surface area contributed by atoms with Gasteiger partial charge >= 0.3 is 0 Å². The number of alkyl halides is 1. The summed E-state index contributed by atoms with van der Waals surface area (Å²) < 4.78 is 0. The summed E-state index contributed by atoms with van der Waals surface area (Å²) in [5, 5.41) is 0. The Labute approximate surface area is 75.9 Å². The Kier molecular flexibility index (Phi) is 3.09. The van der Waals surface area contributed by atoms with Crippen molar-refractivity contribution in [3.63, 3.8) is 0 Å². The van der Waals surface area contributed by atoms with Gasteiger partial charge < -0.3 is 5.73 Å². The molecule has 0 amide bonds. The first-order chi connectivity index (χ1) is 5.27. The maximum atomic E-state index is 5.69. The predicted octanol–water partition coefficient (Wildman–Crippen LogP) is 2.73. The number of rotatable bonds is 2. The van der Waals surface area contributed by atoms with Gasteiger partial charge in [-0.2, -0.15) is 0 Å². The minimum absolute atomic E-state index is 0.549. The third-order valence-electron chi connectivity index (χ3n) is 1.45. The summed E-state index contributed by atoms with van der Waals surface area (Å²) in [5.41, 5.74) is 7.63. The van der Waals surface area contributed by atoms with Gasteiger partial charge in [0.2, 0.25) is 0 Å². The first-order valence-electron chi connectivity index (χ1n) is 3.26. The summed E-state index contributed by atoms with van der Waals surface area (Å²) in [5.74, 6) is 0.549. The number of nitrogen functional groups attached to an aromatic ring is 1. The summed E-state index contributed by atoms with van der Waals surface area (Å²) in [6, 6.07) is 5.86. The van der Waals surface area contributed by atoms with Gasteiger partial charge in [-0.3, -0.25) is 0 Å². The average molecular weight is 188 g/mol. The first-order valence-corrected chi connectivity index (χ1v) is 5.02. The molecule has 0 aliphatic carbocycles. The van der Waals surface area contributed by atoms with Gasteiger partial charge in [0.15, 0.2) is 0 Å². The van der Waals surface area contributed by atoms with E-state index in [0.29, 0.717) is 5.88 Å². The molecule has 0 atom stereocenters. The van der Waals surface area contributed by atoms with Crippen molar-refractivity contribution in [2.75, 3.05) is 12.0 Å². The molecule has 0 heterocycles. The molecule has 1 aromatic rings. The van der Waals surface area contributed by atoms with Gasteiger partial charge in [-0.05, 0) is 24.0 Å². The number of benzene rings is 1. The van der Waals surface area contributed by atoms with Crippen LogP contribution in [0.1, 0.15) is 5.56 Å². The number of halogens is 1. The first kappa shape index (κ1) is 8.75. The fraction of sp³-hybridized carbons (Fsp3) is 0.250. The molecule has 0 spiro atoms. The van der Waals surface area contributed by atoms with Gasteiger partial charge in [0.1, 0.15) is 0 Å². The lowest BCUT2D eigenvalue weighted by atomic mass is 10.2. The normalized spacial score (nSPS) is 10.0. The Bertz CT molecular complexity index is 250. The fourth-order valence-corrected chi connectivity index (χ4v) is 1.58. The second kappa shape index (κ2) is 3.88. The van der Waals surface area contributed by atoms with Crippen LogP contribution in [0.2, 0.25) is 0 Å². The van der Waals surface area contributed by atoms with E-state index < -0.39 is 0 Å². The molecular weight excluding hydrogens is 178 g/mol. The zero-order valence-electron chi connectivity index (χ0n) is 6.30. The van der Waals surface area contributed by atoms with Gasteiger partial charge in [-0.15, -0.1) is 23.4 Å². The number of thioether (sulfide) groups is 1. The number of nitrogens with two attached hydrogens (primary N) is 1. The molecule has 11 heavy (non-hydrogen) atoms. The summed E-state index contributed by atoms with van der Waals surface area (Å²) >= 11 is 7.30. The van der Waals surface area contributed by atoms with E-state index in [4.69, 9.17) is 17.3 Å². The van der Waals surface area contributed by atoms with Gasteiger partial charge in [0.25, 0.3) is 0 Å². The maximum Gasteiger partial charge on any atom is 0.0474 e. The second-order valence-corrected chi connectivity index (χ2v) is 3.33. The van der Waals surface area contributed by atoms with Crippen LogP contribution in [0.4, 0.5) is 5.69 Å². The topological polar surface area (TPSA) is 26.0 Å². The predicted molar refractivity (Wildman–Crippen MR) is 52.2 cm³/mol. The van der Waals surface area contributed by atoms with Crippen molar-refractivity contribution in [3.05, 3.63) is 23.8 Å². The van der Waals surface area contributed by atoms with Crippen LogP contribution in [0.5, 0.6) is 0 Å². The zero-order chi connectivity index (χ0) is 8.27. The third-order valence-corrected chi connectivity index (χ3v) is 2.55. The molecule has 0 bridgehead atoms. The molecule has 1 nitrogen and oxygen atoms in total. The van der Waals surface area contributed by atoms with Gasteiger partial charge in [-0.25, -0.2) is 0 Å². The Morgan fingerprint density at radius 3 is 2.82 bits per heavy atom. The van der Waals surface area contributed by atoms with Gasteiger partial charge in [0, 0.05) is 16.5 Å². The summed E-state index contributed by atoms with van der Waals surface area (Å²) in [4.78, 5) is 1.10. The van der Waals surface area contributed by atoms with Gasteiger partial charge in [-0.1, -0.05) is 6.07 Å². The molecule has 60 valence electrons. The van der Waals surface area contributed by atoms with E-state index >= 15 is 0 Å². The Balaban J connectivity index is 3.02. The highest BCUT2D eigenvalue weighted by atomic mass is 35.5. The van der Waals surface area contributed by atoms with E-state index in [9.17, 15) is 0 Å². The number of anilines is 1. The standard InChI is InChI=1S/C8H10ClNS/c1-11-8-4-6(5-9)2-3-7(8)10/h2-4H,5,10H2,1H3. The van der Waals surface area contributed by atoms with E-state index in [0.717, 1.165) is 16.1 Å². The van der Waals surface area contributed by atoms with Gasteiger partial charge in [0.05, 0.1) is 0 Å². The van der Waals surface area contributed by atoms with Crippen LogP contribution in [0.25, 0.3) is 0 Å². The fourth-order valence-electron chi connectivity index (χ4n) is 0.839. The molecule has 0 unspecified atom stereocenters. The highest BCUT2D eigenvalue weighted by Gasteiger charge is 1.97. The molecule has 0 saturated heterocycles. The SMILES string of the molecule is CSc1cc(CCl)ccc1N. The van der Waals surface area contributed by atoms with Crippen molar-refractivity contribution in [3.8, 4) is 0 Å². The van der Waals surface area contributed by atoms with Crippen molar-refractivity contribution in [2.45, 2.75) is 10.8 Å². The van der Waals surface area contributed by atoms with Crippen molar-refractivity contribution >= 4 is 29.1 Å². The van der Waals surface area contributed by atoms with Crippen molar-refractivity contribution < 1.29 is 0 Å².